The molecule has 0 aliphatic carbocycles. The van der Waals surface area contributed by atoms with Crippen molar-refractivity contribution >= 4 is 17.2 Å². The zero-order valence-electron chi connectivity index (χ0n) is 5.79. The maximum atomic E-state index is 12.1. The topological polar surface area (TPSA) is 26.0 Å². The van der Waals surface area contributed by atoms with Crippen molar-refractivity contribution in [1.82, 2.24) is 0 Å². The van der Waals surface area contributed by atoms with Crippen LogP contribution in [0.4, 0.5) is 22.0 Å². The number of nitrogens with two attached hydrogens (primary N) is 1. The van der Waals surface area contributed by atoms with E-state index in [4.69, 9.17) is 5.73 Å². The van der Waals surface area contributed by atoms with Gasteiger partial charge in [0.1, 0.15) is 0 Å². The first-order valence-electron chi connectivity index (χ1n) is 2.89. The summed E-state index contributed by atoms with van der Waals surface area (Å²) in [6.45, 7) is 0. The highest BCUT2D eigenvalue weighted by molar-refractivity contribution is 7.80. The van der Waals surface area contributed by atoms with Gasteiger partial charge in [0.05, 0.1) is 4.99 Å². The van der Waals surface area contributed by atoms with E-state index in [1.165, 1.54) is 0 Å². The summed E-state index contributed by atoms with van der Waals surface area (Å²) in [7, 11) is 0. The fraction of sp³-hybridized carbons (Fsp3) is 0.800. The van der Waals surface area contributed by atoms with Crippen molar-refractivity contribution in [1.29, 1.82) is 0 Å². The molecule has 12 heavy (non-hydrogen) atoms. The zero-order chi connectivity index (χ0) is 9.99. The summed E-state index contributed by atoms with van der Waals surface area (Å²) >= 11 is 4.16. The van der Waals surface area contributed by atoms with Gasteiger partial charge in [-0.05, 0) is 0 Å². The highest BCUT2D eigenvalue weighted by atomic mass is 32.1. The molecule has 0 aliphatic heterocycles. The van der Waals surface area contributed by atoms with Gasteiger partial charge in [-0.25, -0.2) is 0 Å². The van der Waals surface area contributed by atoms with Gasteiger partial charge in [-0.1, -0.05) is 12.2 Å². The van der Waals surface area contributed by atoms with Crippen molar-refractivity contribution in [2.45, 2.75) is 24.9 Å². The normalized spacial score (nSPS) is 13.1. The maximum Gasteiger partial charge on any atom is 0.453 e. The molecule has 0 spiro atoms. The third-order valence-electron chi connectivity index (χ3n) is 1.10. The minimum atomic E-state index is -5.52. The van der Waals surface area contributed by atoms with Crippen molar-refractivity contribution in [2.24, 2.45) is 5.73 Å². The van der Waals surface area contributed by atoms with Crippen molar-refractivity contribution < 1.29 is 22.0 Å². The predicted molar refractivity (Wildman–Crippen MR) is 37.0 cm³/mol. The van der Waals surface area contributed by atoms with Crippen LogP contribution in [0.2, 0.25) is 0 Å². The molecule has 0 heterocycles. The molecule has 1 nitrogen and oxygen atoms in total. The largest absolute Gasteiger partial charge is 0.453 e. The van der Waals surface area contributed by atoms with Crippen LogP contribution < -0.4 is 5.73 Å². The third-order valence-corrected chi connectivity index (χ3v) is 1.30. The van der Waals surface area contributed by atoms with Gasteiger partial charge >= 0.3 is 12.1 Å². The van der Waals surface area contributed by atoms with E-state index >= 15 is 0 Å². The van der Waals surface area contributed by atoms with Gasteiger partial charge in [-0.2, -0.15) is 22.0 Å². The second-order valence-corrected chi connectivity index (χ2v) is 2.69. The number of rotatable bonds is 3. The standard InChI is InChI=1S/C5H6F5NS/c6-4(7,5(8,9)10)2-1-3(11)12/h1-2H2,(H2,11,12). The number of hydrogen-bond acceptors (Lipinski definition) is 1. The molecule has 0 aliphatic rings. The fourth-order valence-electron chi connectivity index (χ4n) is 0.422. The first kappa shape index (κ1) is 11.5. The van der Waals surface area contributed by atoms with E-state index in [-0.39, 0.29) is 4.99 Å². The molecule has 0 saturated heterocycles. The second kappa shape index (κ2) is 3.51. The Balaban J connectivity index is 4.14. The Morgan fingerprint density at radius 2 is 1.58 bits per heavy atom. The van der Waals surface area contributed by atoms with Crippen LogP contribution in [0.15, 0.2) is 0 Å². The van der Waals surface area contributed by atoms with Crippen molar-refractivity contribution in [2.75, 3.05) is 0 Å². The number of alkyl halides is 5. The molecule has 0 aromatic rings. The van der Waals surface area contributed by atoms with Crippen LogP contribution in [0.25, 0.3) is 0 Å². The van der Waals surface area contributed by atoms with E-state index in [1.807, 2.05) is 0 Å². The Kier molecular flexibility index (Phi) is 3.37. The van der Waals surface area contributed by atoms with Crippen LogP contribution in [0.5, 0.6) is 0 Å². The summed E-state index contributed by atoms with van der Waals surface area (Å²) < 4.78 is 58.5. The Labute approximate surface area is 70.7 Å². The molecular formula is C5H6F5NS. The first-order valence-corrected chi connectivity index (χ1v) is 3.30. The summed E-state index contributed by atoms with van der Waals surface area (Å²) in [5.41, 5.74) is 4.77. The summed E-state index contributed by atoms with van der Waals surface area (Å²) in [5, 5.41) is 0. The molecule has 0 rings (SSSR count). The SMILES string of the molecule is NC(=S)CCC(F)(F)C(F)(F)F. The smallest absolute Gasteiger partial charge is 0.393 e. The molecular weight excluding hydrogens is 201 g/mol. The van der Waals surface area contributed by atoms with Crippen LogP contribution in [0, 0.1) is 0 Å². The van der Waals surface area contributed by atoms with Crippen LogP contribution in [-0.4, -0.2) is 17.1 Å². The summed E-state index contributed by atoms with van der Waals surface area (Å²) in [6, 6.07) is 0. The lowest BCUT2D eigenvalue weighted by Gasteiger charge is -2.18. The number of hydrogen-bond donors (Lipinski definition) is 1. The van der Waals surface area contributed by atoms with E-state index in [2.05, 4.69) is 12.2 Å². The van der Waals surface area contributed by atoms with Crippen molar-refractivity contribution in [3.63, 3.8) is 0 Å². The lowest BCUT2D eigenvalue weighted by Crippen LogP contribution is -2.37. The second-order valence-electron chi connectivity index (χ2n) is 2.17. The third kappa shape index (κ3) is 3.29. The molecule has 0 saturated carbocycles. The molecule has 0 unspecified atom stereocenters. The molecule has 2 N–H and O–H groups in total. The minimum Gasteiger partial charge on any atom is -0.393 e. The fourth-order valence-corrected chi connectivity index (χ4v) is 0.524. The Hall–Kier alpha value is -0.460. The Bertz CT molecular complexity index is 175. The van der Waals surface area contributed by atoms with E-state index in [9.17, 15) is 22.0 Å². The lowest BCUT2D eigenvalue weighted by molar-refractivity contribution is -0.283. The molecule has 0 aromatic carbocycles. The molecule has 0 aromatic heterocycles. The maximum absolute atomic E-state index is 12.1. The van der Waals surface area contributed by atoms with Gasteiger partial charge < -0.3 is 5.73 Å². The Morgan fingerprint density at radius 1 is 1.17 bits per heavy atom. The van der Waals surface area contributed by atoms with Crippen LogP contribution >= 0.6 is 12.2 Å². The molecule has 72 valence electrons. The highest BCUT2D eigenvalue weighted by Crippen LogP contribution is 2.38. The first-order chi connectivity index (χ1) is 5.17. The van der Waals surface area contributed by atoms with Crippen LogP contribution in [0.1, 0.15) is 12.8 Å². The average molecular weight is 207 g/mol. The molecule has 0 amide bonds. The van der Waals surface area contributed by atoms with E-state index in [1.54, 1.807) is 0 Å². The molecule has 0 atom stereocenters. The van der Waals surface area contributed by atoms with Gasteiger partial charge in [0.25, 0.3) is 0 Å². The average Bonchev–Trinajstić information content (AvgIpc) is 1.81. The Morgan fingerprint density at radius 3 is 1.83 bits per heavy atom. The van der Waals surface area contributed by atoms with Gasteiger partial charge in [0.2, 0.25) is 0 Å². The molecule has 0 bridgehead atoms. The molecule has 7 heteroatoms. The molecule has 0 radical (unpaired) electrons. The minimum absolute atomic E-state index is 0.348. The zero-order valence-corrected chi connectivity index (χ0v) is 6.61. The van der Waals surface area contributed by atoms with Crippen LogP contribution in [-0.2, 0) is 0 Å². The monoisotopic (exact) mass is 207 g/mol. The van der Waals surface area contributed by atoms with Gasteiger partial charge in [0.15, 0.2) is 0 Å². The van der Waals surface area contributed by atoms with Crippen LogP contribution in [0.3, 0.4) is 0 Å². The van der Waals surface area contributed by atoms with Gasteiger partial charge in [-0.15, -0.1) is 0 Å². The van der Waals surface area contributed by atoms with E-state index in [0.717, 1.165) is 0 Å². The van der Waals surface area contributed by atoms with Crippen molar-refractivity contribution in [3.8, 4) is 0 Å². The lowest BCUT2D eigenvalue weighted by atomic mass is 10.2. The number of halogens is 5. The van der Waals surface area contributed by atoms with Crippen molar-refractivity contribution in [3.05, 3.63) is 0 Å². The van der Waals surface area contributed by atoms with Gasteiger partial charge in [0, 0.05) is 12.8 Å². The number of thiocarbonyl (C=S) groups is 1. The summed E-state index contributed by atoms with van der Waals surface area (Å²) in [4.78, 5) is -0.348. The summed E-state index contributed by atoms with van der Waals surface area (Å²) in [5.74, 6) is -4.70. The van der Waals surface area contributed by atoms with Gasteiger partial charge in [-0.3, -0.25) is 0 Å². The predicted octanol–water partition coefficient (Wildman–Crippen LogP) is 2.25. The quantitative estimate of drug-likeness (QED) is 0.567. The molecule has 0 fully saturated rings. The highest BCUT2D eigenvalue weighted by Gasteiger charge is 2.56. The van der Waals surface area contributed by atoms with E-state index < -0.39 is 24.9 Å². The summed E-state index contributed by atoms with van der Waals surface area (Å²) in [6.07, 6.45) is -7.51. The van der Waals surface area contributed by atoms with E-state index in [0.29, 0.717) is 0 Å².